The van der Waals surface area contributed by atoms with Crippen LogP contribution >= 0.6 is 0 Å². The molecule has 0 unspecified atom stereocenters. The number of ether oxygens (including phenoxy) is 1. The number of carbonyl (C=O) groups is 1. The van der Waals surface area contributed by atoms with E-state index in [2.05, 4.69) is 10.3 Å². The Morgan fingerprint density at radius 3 is 2.73 bits per heavy atom. The summed E-state index contributed by atoms with van der Waals surface area (Å²) in [5, 5.41) is 4.06. The van der Waals surface area contributed by atoms with Crippen molar-refractivity contribution < 1.29 is 13.9 Å². The number of amides is 1. The standard InChI is InChI=1S/C20H20FN3O2/c1-3-10-23-20(25)19-18(22)13-7-4-6-12(14(13)11-24-19)17-15(21)8-5-9-16(17)26-2/h4-9,11H,3,10,22H2,1-2H3,(H,23,25). The van der Waals surface area contributed by atoms with Crippen molar-refractivity contribution in [2.24, 2.45) is 0 Å². The second-order valence-corrected chi connectivity index (χ2v) is 5.86. The smallest absolute Gasteiger partial charge is 0.272 e. The minimum Gasteiger partial charge on any atom is -0.496 e. The summed E-state index contributed by atoms with van der Waals surface area (Å²) in [5.41, 5.74) is 7.59. The molecule has 3 rings (SSSR count). The lowest BCUT2D eigenvalue weighted by Crippen LogP contribution is -2.26. The second-order valence-electron chi connectivity index (χ2n) is 5.86. The van der Waals surface area contributed by atoms with Gasteiger partial charge in [-0.15, -0.1) is 0 Å². The van der Waals surface area contributed by atoms with Crippen molar-refractivity contribution in [2.45, 2.75) is 13.3 Å². The van der Waals surface area contributed by atoms with E-state index in [0.717, 1.165) is 6.42 Å². The number of nitrogen functional groups attached to an aromatic ring is 1. The number of anilines is 1. The summed E-state index contributed by atoms with van der Waals surface area (Å²) in [6, 6.07) is 10.0. The van der Waals surface area contributed by atoms with Gasteiger partial charge in [0.15, 0.2) is 5.69 Å². The number of rotatable bonds is 5. The zero-order valence-corrected chi connectivity index (χ0v) is 14.7. The summed E-state index contributed by atoms with van der Waals surface area (Å²) in [6.45, 7) is 2.51. The van der Waals surface area contributed by atoms with Crippen molar-refractivity contribution in [3.63, 3.8) is 0 Å². The fourth-order valence-electron chi connectivity index (χ4n) is 2.92. The fourth-order valence-corrected chi connectivity index (χ4v) is 2.92. The molecule has 0 aliphatic carbocycles. The van der Waals surface area contributed by atoms with Crippen molar-refractivity contribution >= 4 is 22.4 Å². The number of fused-ring (bicyclic) bond motifs is 1. The van der Waals surface area contributed by atoms with E-state index in [9.17, 15) is 9.18 Å². The average molecular weight is 353 g/mol. The van der Waals surface area contributed by atoms with Gasteiger partial charge in [-0.3, -0.25) is 4.79 Å². The quantitative estimate of drug-likeness (QED) is 0.732. The predicted molar refractivity (Wildman–Crippen MR) is 101 cm³/mol. The van der Waals surface area contributed by atoms with Gasteiger partial charge in [0.25, 0.3) is 5.91 Å². The monoisotopic (exact) mass is 353 g/mol. The van der Waals surface area contributed by atoms with Gasteiger partial charge in [-0.05, 0) is 24.1 Å². The zero-order chi connectivity index (χ0) is 18.7. The number of carbonyl (C=O) groups excluding carboxylic acids is 1. The third-order valence-electron chi connectivity index (χ3n) is 4.19. The topological polar surface area (TPSA) is 77.2 Å². The van der Waals surface area contributed by atoms with Gasteiger partial charge in [-0.1, -0.05) is 31.2 Å². The summed E-state index contributed by atoms with van der Waals surface area (Å²) in [6.07, 6.45) is 2.37. The molecular formula is C20H20FN3O2. The Bertz CT molecular complexity index is 973. The minimum absolute atomic E-state index is 0.170. The lowest BCUT2D eigenvalue weighted by atomic mass is 9.97. The molecule has 3 N–H and O–H groups in total. The molecule has 6 heteroatoms. The number of pyridine rings is 1. The number of nitrogens with one attached hydrogen (secondary N) is 1. The Kier molecular flexibility index (Phi) is 5.02. The van der Waals surface area contributed by atoms with Crippen LogP contribution in [-0.2, 0) is 0 Å². The van der Waals surface area contributed by atoms with Gasteiger partial charge in [0, 0.05) is 23.5 Å². The van der Waals surface area contributed by atoms with Crippen LogP contribution in [0.25, 0.3) is 21.9 Å². The Morgan fingerprint density at radius 1 is 1.23 bits per heavy atom. The van der Waals surface area contributed by atoms with Crippen molar-refractivity contribution in [3.8, 4) is 16.9 Å². The number of hydrogen-bond acceptors (Lipinski definition) is 4. The van der Waals surface area contributed by atoms with Crippen LogP contribution in [0.4, 0.5) is 10.1 Å². The normalized spacial score (nSPS) is 10.7. The average Bonchev–Trinajstić information content (AvgIpc) is 2.66. The molecule has 3 aromatic rings. The maximum atomic E-state index is 14.5. The Labute approximate surface area is 151 Å². The van der Waals surface area contributed by atoms with E-state index in [1.165, 1.54) is 13.2 Å². The van der Waals surface area contributed by atoms with Crippen LogP contribution in [0, 0.1) is 5.82 Å². The van der Waals surface area contributed by atoms with Gasteiger partial charge in [0.2, 0.25) is 0 Å². The van der Waals surface area contributed by atoms with Crippen LogP contribution in [0.1, 0.15) is 23.8 Å². The first-order valence-electron chi connectivity index (χ1n) is 8.36. The van der Waals surface area contributed by atoms with Crippen molar-refractivity contribution in [3.05, 3.63) is 54.1 Å². The summed E-state index contributed by atoms with van der Waals surface area (Å²) in [7, 11) is 1.49. The van der Waals surface area contributed by atoms with E-state index in [1.54, 1.807) is 36.5 Å². The Morgan fingerprint density at radius 2 is 2.00 bits per heavy atom. The number of benzene rings is 2. The number of aromatic nitrogens is 1. The lowest BCUT2D eigenvalue weighted by Gasteiger charge is -2.14. The fraction of sp³-hybridized carbons (Fsp3) is 0.200. The van der Waals surface area contributed by atoms with Gasteiger partial charge in [-0.2, -0.15) is 0 Å². The first-order chi connectivity index (χ1) is 12.6. The van der Waals surface area contributed by atoms with E-state index in [0.29, 0.717) is 34.2 Å². The zero-order valence-electron chi connectivity index (χ0n) is 14.7. The molecule has 2 aromatic carbocycles. The number of nitrogens with zero attached hydrogens (tertiary/aromatic N) is 1. The van der Waals surface area contributed by atoms with Crippen LogP contribution in [0.15, 0.2) is 42.6 Å². The summed E-state index contributed by atoms with van der Waals surface area (Å²) in [4.78, 5) is 16.5. The highest BCUT2D eigenvalue weighted by Crippen LogP contribution is 2.38. The molecule has 1 amide bonds. The molecule has 5 nitrogen and oxygen atoms in total. The summed E-state index contributed by atoms with van der Waals surface area (Å²) >= 11 is 0. The third kappa shape index (κ3) is 3.06. The molecule has 0 atom stereocenters. The molecule has 1 aromatic heterocycles. The van der Waals surface area contributed by atoms with Crippen molar-refractivity contribution in [1.82, 2.24) is 10.3 Å². The van der Waals surface area contributed by atoms with Gasteiger partial charge < -0.3 is 15.8 Å². The Hall–Kier alpha value is -3.15. The van der Waals surface area contributed by atoms with Gasteiger partial charge >= 0.3 is 0 Å². The van der Waals surface area contributed by atoms with E-state index in [4.69, 9.17) is 10.5 Å². The van der Waals surface area contributed by atoms with Crippen molar-refractivity contribution in [1.29, 1.82) is 0 Å². The van der Waals surface area contributed by atoms with E-state index >= 15 is 0 Å². The van der Waals surface area contributed by atoms with Gasteiger partial charge in [0.05, 0.1) is 18.4 Å². The molecule has 0 saturated carbocycles. The van der Waals surface area contributed by atoms with Crippen LogP contribution in [-0.4, -0.2) is 24.5 Å². The molecule has 0 fully saturated rings. The molecule has 0 radical (unpaired) electrons. The lowest BCUT2D eigenvalue weighted by molar-refractivity contribution is 0.0950. The predicted octanol–water partition coefficient (Wildman–Crippen LogP) is 3.77. The van der Waals surface area contributed by atoms with Crippen molar-refractivity contribution in [2.75, 3.05) is 19.4 Å². The highest BCUT2D eigenvalue weighted by atomic mass is 19.1. The van der Waals surface area contributed by atoms with Gasteiger partial charge in [-0.25, -0.2) is 9.37 Å². The molecule has 0 bridgehead atoms. The number of methoxy groups -OCH3 is 1. The minimum atomic E-state index is -0.403. The first kappa shape index (κ1) is 17.7. The highest BCUT2D eigenvalue weighted by molar-refractivity contribution is 6.09. The Balaban J connectivity index is 2.19. The van der Waals surface area contributed by atoms with Crippen LogP contribution in [0.3, 0.4) is 0 Å². The molecular weight excluding hydrogens is 333 g/mol. The third-order valence-corrected chi connectivity index (χ3v) is 4.19. The molecule has 134 valence electrons. The van der Waals surface area contributed by atoms with E-state index in [-0.39, 0.29) is 17.3 Å². The molecule has 0 aliphatic rings. The van der Waals surface area contributed by atoms with Crippen LogP contribution in [0.2, 0.25) is 0 Å². The maximum Gasteiger partial charge on any atom is 0.272 e. The first-order valence-corrected chi connectivity index (χ1v) is 8.36. The largest absolute Gasteiger partial charge is 0.496 e. The van der Waals surface area contributed by atoms with Gasteiger partial charge in [0.1, 0.15) is 11.6 Å². The van der Waals surface area contributed by atoms with Crippen LogP contribution in [0.5, 0.6) is 5.75 Å². The summed E-state index contributed by atoms with van der Waals surface area (Å²) < 4.78 is 19.8. The number of nitrogens with two attached hydrogens (primary N) is 1. The maximum absolute atomic E-state index is 14.5. The van der Waals surface area contributed by atoms with E-state index in [1.807, 2.05) is 6.92 Å². The molecule has 1 heterocycles. The molecule has 26 heavy (non-hydrogen) atoms. The van der Waals surface area contributed by atoms with E-state index < -0.39 is 5.82 Å². The highest BCUT2D eigenvalue weighted by Gasteiger charge is 2.18. The summed E-state index contributed by atoms with van der Waals surface area (Å²) in [5.74, 6) is -0.304. The SMILES string of the molecule is CCCNC(=O)c1ncc2c(-c3c(F)cccc3OC)cccc2c1N. The number of halogens is 1. The molecule has 0 aliphatic heterocycles. The second kappa shape index (κ2) is 7.39. The molecule has 0 spiro atoms. The molecule has 0 saturated heterocycles. The van der Waals surface area contributed by atoms with Crippen LogP contribution < -0.4 is 15.8 Å². The number of hydrogen-bond donors (Lipinski definition) is 2.